The Morgan fingerprint density at radius 3 is 2.75 bits per heavy atom. The van der Waals surface area contributed by atoms with Gasteiger partial charge in [0.25, 0.3) is 5.56 Å². The van der Waals surface area contributed by atoms with Gasteiger partial charge in [0.15, 0.2) is 0 Å². The largest absolute Gasteiger partial charge is 0.394 e. The quantitative estimate of drug-likeness (QED) is 0.877. The summed E-state index contributed by atoms with van der Waals surface area (Å²) in [6.45, 7) is 2.08. The van der Waals surface area contributed by atoms with Crippen molar-refractivity contribution in [2.75, 3.05) is 11.9 Å². The van der Waals surface area contributed by atoms with E-state index < -0.39 is 0 Å². The number of benzene rings is 1. The van der Waals surface area contributed by atoms with Gasteiger partial charge in [-0.1, -0.05) is 30.3 Å². The van der Waals surface area contributed by atoms with Crippen LogP contribution in [0, 0.1) is 0 Å². The van der Waals surface area contributed by atoms with Crippen LogP contribution in [0.25, 0.3) is 0 Å². The minimum atomic E-state index is -0.260. The van der Waals surface area contributed by atoms with Crippen LogP contribution >= 0.6 is 15.9 Å². The number of aliphatic hydroxyl groups is 1. The summed E-state index contributed by atoms with van der Waals surface area (Å²) in [6, 6.07) is 10.0. The second-order valence-corrected chi connectivity index (χ2v) is 5.19. The molecule has 2 aromatic rings. The Labute approximate surface area is 125 Å². The van der Waals surface area contributed by atoms with E-state index in [0.717, 1.165) is 5.56 Å². The number of nitrogens with zero attached hydrogens (tertiary/aromatic N) is 2. The van der Waals surface area contributed by atoms with Crippen LogP contribution in [0.2, 0.25) is 0 Å². The van der Waals surface area contributed by atoms with Crippen LogP contribution in [0.5, 0.6) is 0 Å². The number of hydrogen-bond acceptors (Lipinski definition) is 4. The summed E-state index contributed by atoms with van der Waals surface area (Å²) in [5.41, 5.74) is 1.50. The fourth-order valence-corrected chi connectivity index (χ4v) is 2.30. The van der Waals surface area contributed by atoms with E-state index in [1.165, 1.54) is 4.68 Å². The van der Waals surface area contributed by atoms with Gasteiger partial charge in [0.1, 0.15) is 4.47 Å². The number of halogens is 1. The smallest absolute Gasteiger partial charge is 0.283 e. The molecular weight excluding hydrogens is 322 g/mol. The van der Waals surface area contributed by atoms with Crippen LogP contribution in [-0.2, 0) is 6.54 Å². The van der Waals surface area contributed by atoms with Gasteiger partial charge in [-0.25, -0.2) is 4.68 Å². The molecule has 2 N–H and O–H groups in total. The third-order valence-corrected chi connectivity index (χ3v) is 3.73. The molecule has 0 aliphatic carbocycles. The highest BCUT2D eigenvalue weighted by Crippen LogP contribution is 2.22. The van der Waals surface area contributed by atoms with Gasteiger partial charge in [-0.15, -0.1) is 0 Å². The van der Waals surface area contributed by atoms with E-state index in [0.29, 0.717) is 10.2 Å². The predicted octanol–water partition coefficient (Wildman–Crippen LogP) is 2.17. The molecule has 0 bridgehead atoms. The fourth-order valence-electron chi connectivity index (χ4n) is 1.88. The van der Waals surface area contributed by atoms with Gasteiger partial charge in [-0.3, -0.25) is 4.79 Å². The van der Waals surface area contributed by atoms with Gasteiger partial charge in [-0.2, -0.15) is 5.10 Å². The average molecular weight is 338 g/mol. The standard InChI is InChI=1S/C14H16BrN3O2/c1-10(11-5-3-2-4-6-11)17-12-9-16-18(7-8-19)14(20)13(12)15/h2-6,9-10,17,19H,7-8H2,1H3. The molecule has 1 heterocycles. The van der Waals surface area contributed by atoms with Crippen LogP contribution in [0.15, 0.2) is 45.8 Å². The number of hydrogen-bond donors (Lipinski definition) is 2. The molecule has 0 spiro atoms. The molecule has 5 nitrogen and oxygen atoms in total. The first-order valence-electron chi connectivity index (χ1n) is 6.31. The van der Waals surface area contributed by atoms with Crippen molar-refractivity contribution in [1.29, 1.82) is 0 Å². The Morgan fingerprint density at radius 1 is 1.40 bits per heavy atom. The van der Waals surface area contributed by atoms with Gasteiger partial charge in [-0.05, 0) is 28.4 Å². The monoisotopic (exact) mass is 337 g/mol. The molecule has 6 heteroatoms. The first-order valence-corrected chi connectivity index (χ1v) is 7.10. The summed E-state index contributed by atoms with van der Waals surface area (Å²) in [7, 11) is 0. The number of anilines is 1. The van der Waals surface area contributed by atoms with Gasteiger partial charge < -0.3 is 10.4 Å². The molecule has 20 heavy (non-hydrogen) atoms. The van der Waals surface area contributed by atoms with Crippen molar-refractivity contribution in [2.45, 2.75) is 19.5 Å². The van der Waals surface area contributed by atoms with Crippen molar-refractivity contribution >= 4 is 21.6 Å². The fraction of sp³-hybridized carbons (Fsp3) is 0.286. The SMILES string of the molecule is CC(Nc1cnn(CCO)c(=O)c1Br)c1ccccc1. The van der Waals surface area contributed by atoms with Crippen molar-refractivity contribution in [3.05, 3.63) is 56.9 Å². The zero-order chi connectivity index (χ0) is 14.5. The number of aliphatic hydroxyl groups excluding tert-OH is 1. The summed E-state index contributed by atoms with van der Waals surface area (Å²) in [5.74, 6) is 0. The second kappa shape index (κ2) is 6.67. The topological polar surface area (TPSA) is 67.2 Å². The Bertz CT molecular complexity index is 628. The third-order valence-electron chi connectivity index (χ3n) is 2.97. The van der Waals surface area contributed by atoms with E-state index in [9.17, 15) is 4.79 Å². The van der Waals surface area contributed by atoms with Crippen molar-refractivity contribution in [3.63, 3.8) is 0 Å². The molecule has 0 saturated carbocycles. The maximum absolute atomic E-state index is 12.0. The molecule has 0 radical (unpaired) electrons. The number of rotatable bonds is 5. The summed E-state index contributed by atoms with van der Waals surface area (Å²) in [4.78, 5) is 12.0. The van der Waals surface area contributed by atoms with Gasteiger partial charge in [0.2, 0.25) is 0 Å². The van der Waals surface area contributed by atoms with Crippen LogP contribution in [0.3, 0.4) is 0 Å². The Balaban J connectivity index is 2.22. The molecule has 1 aromatic carbocycles. The van der Waals surface area contributed by atoms with Gasteiger partial charge in [0, 0.05) is 6.04 Å². The second-order valence-electron chi connectivity index (χ2n) is 4.40. The van der Waals surface area contributed by atoms with E-state index in [1.54, 1.807) is 6.20 Å². The summed E-state index contributed by atoms with van der Waals surface area (Å²) >= 11 is 3.28. The van der Waals surface area contributed by atoms with Crippen molar-refractivity contribution in [1.82, 2.24) is 9.78 Å². The lowest BCUT2D eigenvalue weighted by Crippen LogP contribution is -2.26. The molecule has 0 aliphatic rings. The van der Waals surface area contributed by atoms with E-state index in [1.807, 2.05) is 37.3 Å². The average Bonchev–Trinajstić information content (AvgIpc) is 2.48. The highest BCUT2D eigenvalue weighted by molar-refractivity contribution is 9.10. The van der Waals surface area contributed by atoms with E-state index in [2.05, 4.69) is 26.3 Å². The summed E-state index contributed by atoms with van der Waals surface area (Å²) in [6.07, 6.45) is 1.58. The van der Waals surface area contributed by atoms with Crippen LogP contribution in [0.4, 0.5) is 5.69 Å². The Hall–Kier alpha value is -1.66. The van der Waals surface area contributed by atoms with Crippen LogP contribution in [0.1, 0.15) is 18.5 Å². The van der Waals surface area contributed by atoms with E-state index >= 15 is 0 Å². The lowest BCUT2D eigenvalue weighted by atomic mass is 10.1. The molecule has 1 atom stereocenters. The molecule has 1 aromatic heterocycles. The summed E-state index contributed by atoms with van der Waals surface area (Å²) < 4.78 is 1.64. The molecule has 1 unspecified atom stereocenters. The molecule has 0 aliphatic heterocycles. The summed E-state index contributed by atoms with van der Waals surface area (Å²) in [5, 5.41) is 16.1. The molecule has 0 amide bonds. The molecular formula is C14H16BrN3O2. The van der Waals surface area contributed by atoms with Crippen molar-refractivity contribution in [2.24, 2.45) is 0 Å². The number of aromatic nitrogens is 2. The van der Waals surface area contributed by atoms with Crippen molar-refractivity contribution in [3.8, 4) is 0 Å². The molecule has 2 rings (SSSR count). The first kappa shape index (κ1) is 14.7. The van der Waals surface area contributed by atoms with Gasteiger partial charge in [0.05, 0.1) is 25.0 Å². The van der Waals surface area contributed by atoms with Crippen molar-refractivity contribution < 1.29 is 5.11 Å². The third kappa shape index (κ3) is 3.26. The van der Waals surface area contributed by atoms with Gasteiger partial charge >= 0.3 is 0 Å². The maximum Gasteiger partial charge on any atom is 0.283 e. The first-order chi connectivity index (χ1) is 9.63. The zero-order valence-corrected chi connectivity index (χ0v) is 12.7. The normalized spacial score (nSPS) is 12.2. The Kier molecular flexibility index (Phi) is 4.92. The number of nitrogens with one attached hydrogen (secondary N) is 1. The molecule has 0 fully saturated rings. The predicted molar refractivity (Wildman–Crippen MR) is 81.8 cm³/mol. The lowest BCUT2D eigenvalue weighted by Gasteiger charge is -2.16. The van der Waals surface area contributed by atoms with Crippen LogP contribution < -0.4 is 10.9 Å². The minimum Gasteiger partial charge on any atom is -0.394 e. The highest BCUT2D eigenvalue weighted by Gasteiger charge is 2.11. The van der Waals surface area contributed by atoms with E-state index in [-0.39, 0.29) is 24.8 Å². The lowest BCUT2D eigenvalue weighted by molar-refractivity contribution is 0.266. The van der Waals surface area contributed by atoms with E-state index in [4.69, 9.17) is 5.11 Å². The zero-order valence-electron chi connectivity index (χ0n) is 11.1. The highest BCUT2D eigenvalue weighted by atomic mass is 79.9. The Morgan fingerprint density at radius 2 is 2.10 bits per heavy atom. The van der Waals surface area contributed by atoms with Crippen LogP contribution in [-0.4, -0.2) is 21.5 Å². The molecule has 0 saturated heterocycles. The molecule has 106 valence electrons. The maximum atomic E-state index is 12.0. The minimum absolute atomic E-state index is 0.0578.